The summed E-state index contributed by atoms with van der Waals surface area (Å²) in [5.41, 5.74) is 1.51. The van der Waals surface area contributed by atoms with Gasteiger partial charge in [0.1, 0.15) is 17.2 Å². The highest BCUT2D eigenvalue weighted by Gasteiger charge is 2.15. The fourth-order valence-electron chi connectivity index (χ4n) is 2.52. The van der Waals surface area contributed by atoms with Crippen molar-refractivity contribution in [2.24, 2.45) is 0 Å². The number of hydrogen-bond donors (Lipinski definition) is 1. The van der Waals surface area contributed by atoms with Crippen LogP contribution in [0.4, 0.5) is 8.78 Å². The number of methoxy groups -OCH3 is 2. The quantitative estimate of drug-likeness (QED) is 0.775. The highest BCUT2D eigenvalue weighted by molar-refractivity contribution is 5.79. The van der Waals surface area contributed by atoms with Crippen LogP contribution in [-0.4, -0.2) is 26.7 Å². The van der Waals surface area contributed by atoms with Crippen molar-refractivity contribution < 1.29 is 27.8 Å². The number of halogens is 2. The van der Waals surface area contributed by atoms with Crippen LogP contribution in [0.25, 0.3) is 0 Å². The highest BCUT2D eigenvalue weighted by Crippen LogP contribution is 2.29. The lowest BCUT2D eigenvalue weighted by molar-refractivity contribution is -0.121. The monoisotopic (exact) mass is 365 g/mol. The lowest BCUT2D eigenvalue weighted by Gasteiger charge is -2.18. The molecule has 1 atom stereocenters. The Morgan fingerprint density at radius 2 is 1.69 bits per heavy atom. The van der Waals surface area contributed by atoms with Gasteiger partial charge in [-0.2, -0.15) is 8.78 Å². The highest BCUT2D eigenvalue weighted by atomic mass is 19.3. The molecule has 0 saturated heterocycles. The smallest absolute Gasteiger partial charge is 0.387 e. The maximum Gasteiger partial charge on any atom is 0.387 e. The molecule has 0 aliphatic heterocycles. The number of carbonyl (C=O) groups is 1. The number of ether oxygens (including phenoxy) is 3. The third-order valence-electron chi connectivity index (χ3n) is 3.80. The largest absolute Gasteiger partial charge is 0.497 e. The van der Waals surface area contributed by atoms with Crippen LogP contribution in [0, 0.1) is 0 Å². The third kappa shape index (κ3) is 5.34. The minimum atomic E-state index is -2.87. The second-order valence-corrected chi connectivity index (χ2v) is 5.60. The number of amides is 1. The topological polar surface area (TPSA) is 56.8 Å². The van der Waals surface area contributed by atoms with Crippen molar-refractivity contribution in [2.45, 2.75) is 26.0 Å². The minimum Gasteiger partial charge on any atom is -0.497 e. The number of rotatable bonds is 8. The molecule has 2 aromatic carbocycles. The van der Waals surface area contributed by atoms with Gasteiger partial charge in [0.15, 0.2) is 0 Å². The fourth-order valence-corrected chi connectivity index (χ4v) is 2.52. The van der Waals surface area contributed by atoms with E-state index in [0.29, 0.717) is 17.1 Å². The third-order valence-corrected chi connectivity index (χ3v) is 3.80. The molecule has 26 heavy (non-hydrogen) atoms. The van der Waals surface area contributed by atoms with Crippen LogP contribution < -0.4 is 19.5 Å². The van der Waals surface area contributed by atoms with Gasteiger partial charge in [0.2, 0.25) is 5.91 Å². The first-order chi connectivity index (χ1) is 12.4. The zero-order valence-corrected chi connectivity index (χ0v) is 14.8. The average molecular weight is 365 g/mol. The molecule has 1 N–H and O–H groups in total. The van der Waals surface area contributed by atoms with Crippen LogP contribution >= 0.6 is 0 Å². The summed E-state index contributed by atoms with van der Waals surface area (Å²) in [7, 11) is 3.12. The summed E-state index contributed by atoms with van der Waals surface area (Å²) in [6.45, 7) is -1.02. The molecule has 140 valence electrons. The molecule has 5 nitrogen and oxygen atoms in total. The predicted molar refractivity (Wildman–Crippen MR) is 92.9 cm³/mol. The lowest BCUT2D eigenvalue weighted by atomic mass is 10.1. The van der Waals surface area contributed by atoms with Gasteiger partial charge in [0.25, 0.3) is 0 Å². The molecule has 1 amide bonds. The lowest BCUT2D eigenvalue weighted by Crippen LogP contribution is -2.28. The molecule has 0 bridgehead atoms. The first-order valence-corrected chi connectivity index (χ1v) is 7.98. The summed E-state index contributed by atoms with van der Waals surface area (Å²) in [4.78, 5) is 12.3. The van der Waals surface area contributed by atoms with E-state index < -0.39 is 6.61 Å². The number of nitrogens with one attached hydrogen (secondary N) is 1. The Balaban J connectivity index is 1.99. The van der Waals surface area contributed by atoms with Gasteiger partial charge in [0.05, 0.1) is 26.7 Å². The Kier molecular flexibility index (Phi) is 6.77. The van der Waals surface area contributed by atoms with E-state index in [1.54, 1.807) is 38.5 Å². The number of benzene rings is 2. The van der Waals surface area contributed by atoms with E-state index in [4.69, 9.17) is 9.47 Å². The number of alkyl halides is 2. The summed E-state index contributed by atoms with van der Waals surface area (Å²) in [6, 6.07) is 11.1. The second-order valence-electron chi connectivity index (χ2n) is 5.60. The molecule has 0 spiro atoms. The molecule has 0 saturated carbocycles. The second kappa shape index (κ2) is 9.03. The summed E-state index contributed by atoms with van der Waals surface area (Å²) < 4.78 is 39.1. The summed E-state index contributed by atoms with van der Waals surface area (Å²) in [5.74, 6) is 1.14. The Labute approximate surface area is 150 Å². The van der Waals surface area contributed by atoms with E-state index in [9.17, 15) is 13.6 Å². The summed E-state index contributed by atoms with van der Waals surface area (Å²) in [5, 5.41) is 2.89. The molecular weight excluding hydrogens is 344 g/mol. The van der Waals surface area contributed by atoms with Gasteiger partial charge in [-0.1, -0.05) is 12.1 Å². The SMILES string of the molecule is COc1ccc(C(C)NC(=O)Cc2ccc(OC(F)F)cc2)c(OC)c1. The molecule has 0 aliphatic carbocycles. The van der Waals surface area contributed by atoms with Gasteiger partial charge < -0.3 is 19.5 Å². The van der Waals surface area contributed by atoms with E-state index >= 15 is 0 Å². The Morgan fingerprint density at radius 3 is 2.27 bits per heavy atom. The van der Waals surface area contributed by atoms with Crippen LogP contribution in [0.5, 0.6) is 17.2 Å². The molecule has 2 rings (SSSR count). The fraction of sp³-hybridized carbons (Fsp3) is 0.316. The van der Waals surface area contributed by atoms with Crippen molar-refractivity contribution >= 4 is 5.91 Å². The minimum absolute atomic E-state index is 0.0560. The van der Waals surface area contributed by atoms with Crippen LogP contribution in [0.1, 0.15) is 24.1 Å². The number of hydrogen-bond acceptors (Lipinski definition) is 4. The molecular formula is C19H21F2NO4. The Hall–Kier alpha value is -2.83. The molecule has 1 unspecified atom stereocenters. The first kappa shape index (κ1) is 19.5. The Morgan fingerprint density at radius 1 is 1.04 bits per heavy atom. The molecule has 0 radical (unpaired) electrons. The van der Waals surface area contributed by atoms with Crippen molar-refractivity contribution in [3.8, 4) is 17.2 Å². The van der Waals surface area contributed by atoms with Gasteiger partial charge in [0, 0.05) is 11.6 Å². The average Bonchev–Trinajstić information content (AvgIpc) is 2.62. The van der Waals surface area contributed by atoms with Gasteiger partial charge in [-0.3, -0.25) is 4.79 Å². The zero-order chi connectivity index (χ0) is 19.1. The molecule has 0 fully saturated rings. The van der Waals surface area contributed by atoms with Gasteiger partial charge in [-0.05, 0) is 36.8 Å². The van der Waals surface area contributed by atoms with Crippen molar-refractivity contribution in [3.63, 3.8) is 0 Å². The maximum absolute atomic E-state index is 12.3. The van der Waals surface area contributed by atoms with E-state index in [0.717, 1.165) is 5.56 Å². The van der Waals surface area contributed by atoms with Crippen molar-refractivity contribution in [1.29, 1.82) is 0 Å². The zero-order valence-electron chi connectivity index (χ0n) is 14.8. The molecule has 0 aromatic heterocycles. The van der Waals surface area contributed by atoms with Gasteiger partial charge >= 0.3 is 6.61 Å². The van der Waals surface area contributed by atoms with Crippen molar-refractivity contribution in [2.75, 3.05) is 14.2 Å². The van der Waals surface area contributed by atoms with E-state index in [1.807, 2.05) is 13.0 Å². The van der Waals surface area contributed by atoms with Crippen molar-refractivity contribution in [3.05, 3.63) is 53.6 Å². The Bertz CT molecular complexity index is 735. The normalized spacial score (nSPS) is 11.8. The van der Waals surface area contributed by atoms with Crippen molar-refractivity contribution in [1.82, 2.24) is 5.32 Å². The first-order valence-electron chi connectivity index (χ1n) is 7.98. The number of carbonyl (C=O) groups excluding carboxylic acids is 1. The summed E-state index contributed by atoms with van der Waals surface area (Å²) >= 11 is 0. The summed E-state index contributed by atoms with van der Waals surface area (Å²) in [6.07, 6.45) is 0.123. The molecule has 7 heteroatoms. The van der Waals surface area contributed by atoms with E-state index in [2.05, 4.69) is 10.1 Å². The standard InChI is InChI=1S/C19H21F2NO4/c1-12(16-9-8-15(24-2)11-17(16)25-3)22-18(23)10-13-4-6-14(7-5-13)26-19(20)21/h4-9,11-12,19H,10H2,1-3H3,(H,22,23). The van der Waals surface area contributed by atoms with Crippen LogP contribution in [0.15, 0.2) is 42.5 Å². The van der Waals surface area contributed by atoms with Gasteiger partial charge in [-0.25, -0.2) is 0 Å². The molecule has 2 aromatic rings. The molecule has 0 heterocycles. The van der Waals surface area contributed by atoms with Crippen LogP contribution in [0.2, 0.25) is 0 Å². The van der Waals surface area contributed by atoms with Gasteiger partial charge in [-0.15, -0.1) is 0 Å². The maximum atomic E-state index is 12.3. The predicted octanol–water partition coefficient (Wildman–Crippen LogP) is 3.73. The van der Waals surface area contributed by atoms with E-state index in [-0.39, 0.29) is 24.1 Å². The van der Waals surface area contributed by atoms with E-state index in [1.165, 1.54) is 12.1 Å². The van der Waals surface area contributed by atoms with Crippen LogP contribution in [-0.2, 0) is 11.2 Å². The molecule has 0 aliphatic rings. The van der Waals surface area contributed by atoms with Crippen LogP contribution in [0.3, 0.4) is 0 Å².